The fraction of sp³-hybridized carbons (Fsp3) is 0.444. The number of alkyl carbamates (subject to hydrolysis) is 1. The van der Waals surface area contributed by atoms with Crippen LogP contribution in [0.25, 0.3) is 11.1 Å². The van der Waals surface area contributed by atoms with Gasteiger partial charge < -0.3 is 20.5 Å². The highest BCUT2D eigenvalue weighted by Crippen LogP contribution is 2.44. The second kappa shape index (κ2) is 10.7. The summed E-state index contributed by atoms with van der Waals surface area (Å²) in [4.78, 5) is 36.2. The van der Waals surface area contributed by atoms with Crippen molar-refractivity contribution in [3.63, 3.8) is 0 Å². The van der Waals surface area contributed by atoms with Gasteiger partial charge in [0.2, 0.25) is 5.91 Å². The van der Waals surface area contributed by atoms with Crippen LogP contribution in [-0.2, 0) is 14.3 Å². The lowest BCUT2D eigenvalue weighted by molar-refractivity contribution is -0.144. The van der Waals surface area contributed by atoms with Gasteiger partial charge in [0.25, 0.3) is 0 Å². The predicted octanol–water partition coefficient (Wildman–Crippen LogP) is 4.45. The van der Waals surface area contributed by atoms with Crippen molar-refractivity contribution in [3.8, 4) is 11.1 Å². The summed E-state index contributed by atoms with van der Waals surface area (Å²) in [5.74, 6) is -1.55. The molecular formula is C27H32N2O5. The fourth-order valence-corrected chi connectivity index (χ4v) is 5.14. The van der Waals surface area contributed by atoms with E-state index in [1.807, 2.05) is 31.2 Å². The average molecular weight is 465 g/mol. The number of carboxylic acids is 1. The molecule has 3 N–H and O–H groups in total. The third-order valence-corrected chi connectivity index (χ3v) is 6.94. The molecular weight excluding hydrogens is 432 g/mol. The Bertz CT molecular complexity index is 1010. The van der Waals surface area contributed by atoms with Crippen LogP contribution in [0.1, 0.15) is 62.5 Å². The number of aliphatic carboxylic acids is 1. The van der Waals surface area contributed by atoms with Crippen LogP contribution in [0.3, 0.4) is 0 Å². The van der Waals surface area contributed by atoms with Crippen LogP contribution in [0.15, 0.2) is 48.5 Å². The van der Waals surface area contributed by atoms with Crippen LogP contribution in [0, 0.1) is 5.92 Å². The Morgan fingerprint density at radius 2 is 1.62 bits per heavy atom. The lowest BCUT2D eigenvalue weighted by Crippen LogP contribution is -2.45. The molecule has 2 amide bonds. The van der Waals surface area contributed by atoms with E-state index in [2.05, 4.69) is 34.9 Å². The molecule has 180 valence electrons. The van der Waals surface area contributed by atoms with Gasteiger partial charge in [-0.15, -0.1) is 0 Å². The highest BCUT2D eigenvalue weighted by atomic mass is 16.5. The highest BCUT2D eigenvalue weighted by molar-refractivity contribution is 5.79. The normalized spacial score (nSPS) is 20.0. The van der Waals surface area contributed by atoms with E-state index in [0.29, 0.717) is 19.3 Å². The summed E-state index contributed by atoms with van der Waals surface area (Å²) in [6.45, 7) is 2.07. The fourth-order valence-electron chi connectivity index (χ4n) is 5.14. The number of carboxylic acid groups (broad SMARTS) is 1. The minimum absolute atomic E-state index is 0.00286. The molecule has 0 bridgehead atoms. The van der Waals surface area contributed by atoms with Gasteiger partial charge in [-0.25, -0.2) is 4.79 Å². The van der Waals surface area contributed by atoms with Gasteiger partial charge in [-0.1, -0.05) is 61.4 Å². The first-order chi connectivity index (χ1) is 16.4. The second-order valence-electron chi connectivity index (χ2n) is 9.31. The Hall–Kier alpha value is -3.35. The summed E-state index contributed by atoms with van der Waals surface area (Å²) < 4.78 is 5.56. The molecule has 0 aliphatic heterocycles. The number of nitrogens with one attached hydrogen (secondary N) is 2. The molecule has 1 unspecified atom stereocenters. The number of carbonyl (C=O) groups is 3. The molecule has 2 aliphatic carbocycles. The van der Waals surface area contributed by atoms with Crippen LogP contribution in [0.2, 0.25) is 0 Å². The second-order valence-corrected chi connectivity index (χ2v) is 9.31. The van der Waals surface area contributed by atoms with E-state index in [-0.39, 0.29) is 36.9 Å². The third-order valence-electron chi connectivity index (χ3n) is 6.94. The number of rotatable bonds is 8. The Labute approximate surface area is 199 Å². The molecule has 2 aliphatic rings. The Kier molecular flexibility index (Phi) is 7.50. The molecule has 0 spiro atoms. The number of carbonyl (C=O) groups excluding carboxylic acids is 2. The van der Waals surface area contributed by atoms with Gasteiger partial charge in [-0.2, -0.15) is 0 Å². The molecule has 7 heteroatoms. The number of amides is 2. The molecule has 0 radical (unpaired) electrons. The van der Waals surface area contributed by atoms with E-state index in [1.165, 1.54) is 11.1 Å². The SMILES string of the molecule is CC(CCC(=O)N[C@H]1CCCC[C@H]1C(=O)O)NC(=O)OCC1c2ccccc2-c2ccccc21. The zero-order chi connectivity index (χ0) is 24.1. The first-order valence-corrected chi connectivity index (χ1v) is 12.1. The number of ether oxygens (including phenoxy) is 1. The summed E-state index contributed by atoms with van der Waals surface area (Å²) in [7, 11) is 0. The van der Waals surface area contributed by atoms with Gasteiger partial charge in [0.1, 0.15) is 6.61 Å². The molecule has 1 saturated carbocycles. The van der Waals surface area contributed by atoms with Crippen LogP contribution < -0.4 is 10.6 Å². The van der Waals surface area contributed by atoms with Crippen molar-refractivity contribution in [2.24, 2.45) is 5.92 Å². The summed E-state index contributed by atoms with van der Waals surface area (Å²) in [5, 5.41) is 15.0. The summed E-state index contributed by atoms with van der Waals surface area (Å²) in [5.41, 5.74) is 4.66. The highest BCUT2D eigenvalue weighted by Gasteiger charge is 2.32. The zero-order valence-corrected chi connectivity index (χ0v) is 19.5. The summed E-state index contributed by atoms with van der Waals surface area (Å²) in [6.07, 6.45) is 3.25. The van der Waals surface area contributed by atoms with E-state index >= 15 is 0 Å². The quantitative estimate of drug-likeness (QED) is 0.535. The Balaban J connectivity index is 1.23. The van der Waals surface area contributed by atoms with Crippen molar-refractivity contribution in [2.75, 3.05) is 6.61 Å². The standard InChI is InChI=1S/C27H32N2O5/c1-17(14-15-25(30)29-24-13-7-6-12-22(24)26(31)32)28-27(33)34-16-23-20-10-4-2-8-18(20)19-9-3-5-11-21(19)23/h2-5,8-11,17,22-24H,6-7,12-16H2,1H3,(H,28,33)(H,29,30)(H,31,32)/t17?,22-,24+/m1/s1. The number of hydrogen-bond donors (Lipinski definition) is 3. The minimum Gasteiger partial charge on any atom is -0.481 e. The largest absolute Gasteiger partial charge is 0.481 e. The molecule has 4 rings (SSSR count). The maximum atomic E-state index is 12.4. The van der Waals surface area contributed by atoms with Gasteiger partial charge in [-0.05, 0) is 48.4 Å². The lowest BCUT2D eigenvalue weighted by atomic mass is 9.84. The van der Waals surface area contributed by atoms with E-state index in [4.69, 9.17) is 4.74 Å². The van der Waals surface area contributed by atoms with Crippen LogP contribution in [-0.4, -0.2) is 41.8 Å². The molecule has 2 aromatic carbocycles. The third kappa shape index (κ3) is 5.41. The Morgan fingerprint density at radius 1 is 1.00 bits per heavy atom. The molecule has 34 heavy (non-hydrogen) atoms. The van der Waals surface area contributed by atoms with Gasteiger partial charge in [0.05, 0.1) is 5.92 Å². The first kappa shape index (κ1) is 23.8. The van der Waals surface area contributed by atoms with E-state index in [1.54, 1.807) is 0 Å². The van der Waals surface area contributed by atoms with Gasteiger partial charge in [-0.3, -0.25) is 9.59 Å². The van der Waals surface area contributed by atoms with E-state index in [9.17, 15) is 19.5 Å². The van der Waals surface area contributed by atoms with E-state index < -0.39 is 18.0 Å². The van der Waals surface area contributed by atoms with Gasteiger partial charge >= 0.3 is 12.1 Å². The molecule has 0 aromatic heterocycles. The summed E-state index contributed by atoms with van der Waals surface area (Å²) in [6, 6.07) is 15.8. The maximum absolute atomic E-state index is 12.4. The molecule has 2 aromatic rings. The molecule has 1 fully saturated rings. The van der Waals surface area contributed by atoms with E-state index in [0.717, 1.165) is 24.0 Å². The molecule has 0 saturated heterocycles. The number of hydrogen-bond acceptors (Lipinski definition) is 4. The summed E-state index contributed by atoms with van der Waals surface area (Å²) >= 11 is 0. The van der Waals surface area contributed by atoms with Crippen molar-refractivity contribution in [1.29, 1.82) is 0 Å². The van der Waals surface area contributed by atoms with Crippen molar-refractivity contribution in [2.45, 2.75) is 63.5 Å². The molecule has 3 atom stereocenters. The first-order valence-electron chi connectivity index (χ1n) is 12.1. The van der Waals surface area contributed by atoms with Gasteiger partial charge in [0, 0.05) is 24.4 Å². The van der Waals surface area contributed by atoms with Crippen LogP contribution in [0.5, 0.6) is 0 Å². The van der Waals surface area contributed by atoms with Crippen LogP contribution >= 0.6 is 0 Å². The maximum Gasteiger partial charge on any atom is 0.407 e. The lowest BCUT2D eigenvalue weighted by Gasteiger charge is -2.29. The van der Waals surface area contributed by atoms with Crippen molar-refractivity contribution >= 4 is 18.0 Å². The Morgan fingerprint density at radius 3 is 2.26 bits per heavy atom. The van der Waals surface area contributed by atoms with Crippen molar-refractivity contribution < 1.29 is 24.2 Å². The smallest absolute Gasteiger partial charge is 0.407 e. The van der Waals surface area contributed by atoms with Crippen molar-refractivity contribution in [3.05, 3.63) is 59.7 Å². The number of fused-ring (bicyclic) bond motifs is 3. The zero-order valence-electron chi connectivity index (χ0n) is 19.5. The molecule has 7 nitrogen and oxygen atoms in total. The topological polar surface area (TPSA) is 105 Å². The molecule has 0 heterocycles. The van der Waals surface area contributed by atoms with Gasteiger partial charge in [0.15, 0.2) is 0 Å². The monoisotopic (exact) mass is 464 g/mol. The number of benzene rings is 2. The minimum atomic E-state index is -0.852. The van der Waals surface area contributed by atoms with Crippen molar-refractivity contribution in [1.82, 2.24) is 10.6 Å². The van der Waals surface area contributed by atoms with Crippen LogP contribution in [0.4, 0.5) is 4.79 Å². The average Bonchev–Trinajstić information content (AvgIpc) is 3.15. The predicted molar refractivity (Wildman–Crippen MR) is 128 cm³/mol.